The Bertz CT molecular complexity index is 845. The van der Waals surface area contributed by atoms with Gasteiger partial charge in [-0.25, -0.2) is 9.59 Å². The average molecular weight is 414 g/mol. The summed E-state index contributed by atoms with van der Waals surface area (Å²) in [5.74, 6) is -0.883. The monoisotopic (exact) mass is 414 g/mol. The van der Waals surface area contributed by atoms with Gasteiger partial charge in [-0.15, -0.1) is 0 Å². The van der Waals surface area contributed by atoms with Gasteiger partial charge in [0.25, 0.3) is 0 Å². The molecule has 0 saturated carbocycles. The van der Waals surface area contributed by atoms with Crippen molar-refractivity contribution < 1.29 is 23.9 Å². The molecule has 0 aromatic carbocycles. The number of nitrogens with zero attached hydrogens (tertiary/aromatic N) is 4. The third kappa shape index (κ3) is 4.87. The molecule has 0 N–H and O–H groups in total. The highest BCUT2D eigenvalue weighted by Crippen LogP contribution is 2.28. The van der Waals surface area contributed by atoms with E-state index >= 15 is 0 Å². The molecule has 2 aliphatic rings. The van der Waals surface area contributed by atoms with Gasteiger partial charge in [0.2, 0.25) is 5.91 Å². The highest BCUT2D eigenvalue weighted by Gasteiger charge is 2.46. The zero-order chi connectivity index (χ0) is 21.9. The van der Waals surface area contributed by atoms with Gasteiger partial charge in [0.1, 0.15) is 23.8 Å². The molecule has 0 bridgehead atoms. The maximum absolute atomic E-state index is 13.2. The fourth-order valence-corrected chi connectivity index (χ4v) is 3.70. The molecular weight excluding hydrogens is 388 g/mol. The Hall–Kier alpha value is -3.15. The van der Waals surface area contributed by atoms with Crippen molar-refractivity contribution >= 4 is 18.0 Å². The van der Waals surface area contributed by atoms with Crippen LogP contribution in [-0.4, -0.2) is 69.6 Å². The number of esters is 1. The first-order chi connectivity index (χ1) is 14.2. The van der Waals surface area contributed by atoms with E-state index in [1.807, 2.05) is 0 Å². The summed E-state index contributed by atoms with van der Waals surface area (Å²) < 4.78 is 11.0. The molecule has 3 heterocycles. The van der Waals surface area contributed by atoms with Crippen molar-refractivity contribution in [2.45, 2.75) is 63.8 Å². The van der Waals surface area contributed by atoms with Crippen LogP contribution in [-0.2, 0) is 14.3 Å². The standard InChI is InChI=1S/C21H26N4O5/c1-21(2,3)30-20(28)25-13-16(29-19(27)14-6-4-8-23-12-14)10-17(25)18(26)24-9-5-7-15(24)11-22/h4,6,8,12,15-17H,5,7,9-10,13H2,1-3H3/t15-,16-,17-/m0/s1. The first kappa shape index (κ1) is 21.6. The van der Waals surface area contributed by atoms with Gasteiger partial charge in [-0.2, -0.15) is 5.26 Å². The molecule has 0 unspecified atom stereocenters. The molecule has 2 aliphatic heterocycles. The van der Waals surface area contributed by atoms with Gasteiger partial charge in [0.05, 0.1) is 18.2 Å². The van der Waals surface area contributed by atoms with Crippen LogP contribution in [0.3, 0.4) is 0 Å². The molecule has 160 valence electrons. The number of carbonyl (C=O) groups excluding carboxylic acids is 3. The average Bonchev–Trinajstić information content (AvgIpc) is 3.33. The molecule has 9 heteroatoms. The van der Waals surface area contributed by atoms with Crippen LogP contribution in [0.15, 0.2) is 24.5 Å². The summed E-state index contributed by atoms with van der Waals surface area (Å²) in [5, 5.41) is 9.33. The zero-order valence-electron chi connectivity index (χ0n) is 17.4. The van der Waals surface area contributed by atoms with Crippen molar-refractivity contribution in [3.05, 3.63) is 30.1 Å². The molecule has 0 aliphatic carbocycles. The van der Waals surface area contributed by atoms with E-state index in [2.05, 4.69) is 11.1 Å². The number of rotatable bonds is 3. The lowest BCUT2D eigenvalue weighted by molar-refractivity contribution is -0.136. The third-order valence-corrected chi connectivity index (χ3v) is 5.03. The highest BCUT2D eigenvalue weighted by atomic mass is 16.6. The van der Waals surface area contributed by atoms with E-state index in [0.717, 1.165) is 6.42 Å². The van der Waals surface area contributed by atoms with Crippen molar-refractivity contribution in [2.24, 2.45) is 0 Å². The first-order valence-electron chi connectivity index (χ1n) is 10.0. The Morgan fingerprint density at radius 1 is 1.27 bits per heavy atom. The number of aromatic nitrogens is 1. The topological polar surface area (TPSA) is 113 Å². The fourth-order valence-electron chi connectivity index (χ4n) is 3.70. The van der Waals surface area contributed by atoms with Crippen molar-refractivity contribution in [1.82, 2.24) is 14.8 Å². The zero-order valence-corrected chi connectivity index (χ0v) is 17.4. The second-order valence-corrected chi connectivity index (χ2v) is 8.47. The third-order valence-electron chi connectivity index (χ3n) is 5.03. The highest BCUT2D eigenvalue weighted by molar-refractivity contribution is 5.90. The molecule has 30 heavy (non-hydrogen) atoms. The van der Waals surface area contributed by atoms with Gasteiger partial charge in [-0.05, 0) is 45.7 Å². The number of nitriles is 1. The van der Waals surface area contributed by atoms with E-state index in [9.17, 15) is 19.6 Å². The fraction of sp³-hybridized carbons (Fsp3) is 0.571. The SMILES string of the molecule is CC(C)(C)OC(=O)N1C[C@@H](OC(=O)c2cccnc2)C[C@H]1C(=O)N1CCC[C@H]1C#N. The summed E-state index contributed by atoms with van der Waals surface area (Å²) in [5.41, 5.74) is -0.446. The van der Waals surface area contributed by atoms with Gasteiger partial charge < -0.3 is 14.4 Å². The summed E-state index contributed by atoms with van der Waals surface area (Å²) in [6, 6.07) is 4.00. The van der Waals surface area contributed by atoms with Crippen LogP contribution in [0.2, 0.25) is 0 Å². The minimum Gasteiger partial charge on any atom is -0.457 e. The summed E-state index contributed by atoms with van der Waals surface area (Å²) in [4.78, 5) is 45.1. The number of pyridine rings is 1. The molecule has 2 saturated heterocycles. The lowest BCUT2D eigenvalue weighted by atomic mass is 10.1. The maximum atomic E-state index is 13.2. The van der Waals surface area contributed by atoms with Gasteiger partial charge in [-0.3, -0.25) is 14.7 Å². The smallest absolute Gasteiger partial charge is 0.411 e. The molecule has 1 aromatic rings. The molecule has 0 spiro atoms. The molecule has 1 aromatic heterocycles. The Labute approximate surface area is 175 Å². The molecular formula is C21H26N4O5. The van der Waals surface area contributed by atoms with Crippen LogP contribution < -0.4 is 0 Å². The van der Waals surface area contributed by atoms with Crippen molar-refractivity contribution in [3.8, 4) is 6.07 Å². The van der Waals surface area contributed by atoms with Crippen LogP contribution in [0.4, 0.5) is 4.79 Å². The minimum absolute atomic E-state index is 0.0440. The van der Waals surface area contributed by atoms with Crippen LogP contribution >= 0.6 is 0 Å². The Morgan fingerprint density at radius 2 is 2.03 bits per heavy atom. The van der Waals surface area contributed by atoms with E-state index in [1.54, 1.807) is 39.1 Å². The molecule has 2 amide bonds. The van der Waals surface area contributed by atoms with Crippen LogP contribution in [0.25, 0.3) is 0 Å². The predicted octanol–water partition coefficient (Wildman–Crippen LogP) is 2.13. The van der Waals surface area contributed by atoms with Crippen LogP contribution in [0, 0.1) is 11.3 Å². The summed E-state index contributed by atoms with van der Waals surface area (Å²) >= 11 is 0. The second kappa shape index (κ2) is 8.69. The van der Waals surface area contributed by atoms with Gasteiger partial charge in [-0.1, -0.05) is 0 Å². The van der Waals surface area contributed by atoms with Crippen LogP contribution in [0.5, 0.6) is 0 Å². The number of likely N-dealkylation sites (tertiary alicyclic amines) is 2. The number of amides is 2. The number of hydrogen-bond donors (Lipinski definition) is 0. The van der Waals surface area contributed by atoms with Gasteiger partial charge in [0.15, 0.2) is 0 Å². The predicted molar refractivity (Wildman–Crippen MR) is 105 cm³/mol. The van der Waals surface area contributed by atoms with E-state index in [4.69, 9.17) is 9.47 Å². The van der Waals surface area contributed by atoms with Crippen molar-refractivity contribution in [3.63, 3.8) is 0 Å². The van der Waals surface area contributed by atoms with E-state index in [0.29, 0.717) is 18.5 Å². The summed E-state index contributed by atoms with van der Waals surface area (Å²) in [6.45, 7) is 5.73. The van der Waals surface area contributed by atoms with E-state index < -0.39 is 35.9 Å². The van der Waals surface area contributed by atoms with E-state index in [-0.39, 0.29) is 18.9 Å². The van der Waals surface area contributed by atoms with Gasteiger partial charge in [0, 0.05) is 25.4 Å². The number of carbonyl (C=O) groups is 3. The molecule has 9 nitrogen and oxygen atoms in total. The van der Waals surface area contributed by atoms with Gasteiger partial charge >= 0.3 is 12.1 Å². The Balaban J connectivity index is 1.77. The molecule has 3 rings (SSSR count). The number of ether oxygens (including phenoxy) is 2. The molecule has 0 radical (unpaired) electrons. The molecule has 3 atom stereocenters. The minimum atomic E-state index is -0.847. The lowest BCUT2D eigenvalue weighted by Gasteiger charge is -2.30. The normalized spacial score (nSPS) is 23.7. The second-order valence-electron chi connectivity index (χ2n) is 8.47. The number of hydrogen-bond acceptors (Lipinski definition) is 7. The lowest BCUT2D eigenvalue weighted by Crippen LogP contribution is -2.50. The Kier molecular flexibility index (Phi) is 6.25. The van der Waals surface area contributed by atoms with E-state index in [1.165, 1.54) is 16.0 Å². The first-order valence-corrected chi connectivity index (χ1v) is 10.0. The summed E-state index contributed by atoms with van der Waals surface area (Å²) in [7, 11) is 0. The van der Waals surface area contributed by atoms with Crippen molar-refractivity contribution in [2.75, 3.05) is 13.1 Å². The quantitative estimate of drug-likeness (QED) is 0.696. The largest absolute Gasteiger partial charge is 0.457 e. The maximum Gasteiger partial charge on any atom is 0.411 e. The van der Waals surface area contributed by atoms with Crippen LogP contribution in [0.1, 0.15) is 50.4 Å². The summed E-state index contributed by atoms with van der Waals surface area (Å²) in [6.07, 6.45) is 3.14. The van der Waals surface area contributed by atoms with Crippen molar-refractivity contribution in [1.29, 1.82) is 5.26 Å². The Morgan fingerprint density at radius 3 is 2.67 bits per heavy atom. The molecule has 2 fully saturated rings.